The molecular formula is C21H21N5. The van der Waals surface area contributed by atoms with Gasteiger partial charge in [-0.15, -0.1) is 0 Å². The minimum Gasteiger partial charge on any atom is -0.305 e. The molecular weight excluding hydrogens is 322 g/mol. The highest BCUT2D eigenvalue weighted by atomic mass is 15.2. The smallest absolute Gasteiger partial charge is 0.203 e. The van der Waals surface area contributed by atoms with Crippen molar-refractivity contribution in [2.75, 3.05) is 13.1 Å². The van der Waals surface area contributed by atoms with Crippen LogP contribution in [0.15, 0.2) is 42.0 Å². The Kier molecular flexibility index (Phi) is 4.64. The van der Waals surface area contributed by atoms with Crippen molar-refractivity contribution in [2.24, 2.45) is 17.3 Å². The van der Waals surface area contributed by atoms with Gasteiger partial charge in [-0.25, -0.2) is 0 Å². The van der Waals surface area contributed by atoms with E-state index in [1.165, 1.54) is 0 Å². The highest BCUT2D eigenvalue weighted by Crippen LogP contribution is 2.52. The Balaban J connectivity index is 2.21. The Hall–Kier alpha value is -2.94. The molecule has 0 bridgehead atoms. The van der Waals surface area contributed by atoms with Crippen LogP contribution in [0, 0.1) is 56.7 Å². The maximum Gasteiger partial charge on any atom is 0.203 e. The molecule has 1 aromatic rings. The largest absolute Gasteiger partial charge is 0.305 e. The van der Waals surface area contributed by atoms with Crippen molar-refractivity contribution in [1.29, 1.82) is 21.2 Å². The lowest BCUT2D eigenvalue weighted by Gasteiger charge is -2.48. The van der Waals surface area contributed by atoms with Gasteiger partial charge in [0, 0.05) is 31.0 Å². The summed E-state index contributed by atoms with van der Waals surface area (Å²) in [6.07, 6.45) is 1.94. The second-order valence-electron chi connectivity index (χ2n) is 7.24. The number of hydrogen-bond donors (Lipinski definition) is 1. The first-order valence-corrected chi connectivity index (χ1v) is 8.80. The topological polar surface area (TPSA) is 98.5 Å². The van der Waals surface area contributed by atoms with E-state index in [1.807, 2.05) is 36.4 Å². The Morgan fingerprint density at radius 1 is 1.15 bits per heavy atom. The molecule has 2 aliphatic rings. The Morgan fingerprint density at radius 2 is 1.81 bits per heavy atom. The van der Waals surface area contributed by atoms with Gasteiger partial charge in [-0.3, -0.25) is 4.90 Å². The van der Waals surface area contributed by atoms with Crippen LogP contribution in [0.5, 0.6) is 0 Å². The minimum atomic E-state index is -1.63. The predicted molar refractivity (Wildman–Crippen MR) is 98.0 cm³/mol. The zero-order valence-corrected chi connectivity index (χ0v) is 15.0. The molecule has 0 spiro atoms. The van der Waals surface area contributed by atoms with E-state index in [9.17, 15) is 15.8 Å². The first-order chi connectivity index (χ1) is 12.5. The van der Waals surface area contributed by atoms with Crippen molar-refractivity contribution in [2.45, 2.75) is 25.8 Å². The van der Waals surface area contributed by atoms with Crippen molar-refractivity contribution in [1.82, 2.24) is 4.90 Å². The molecule has 1 aliphatic heterocycles. The number of benzene rings is 1. The van der Waals surface area contributed by atoms with Gasteiger partial charge in [0.1, 0.15) is 0 Å². The van der Waals surface area contributed by atoms with Crippen LogP contribution in [-0.2, 0) is 0 Å². The Morgan fingerprint density at radius 3 is 2.35 bits per heavy atom. The lowest BCUT2D eigenvalue weighted by atomic mass is 9.55. The third kappa shape index (κ3) is 2.51. The number of nitriles is 3. The highest BCUT2D eigenvalue weighted by Gasteiger charge is 2.56. The molecule has 1 aromatic carbocycles. The van der Waals surface area contributed by atoms with Crippen LogP contribution < -0.4 is 0 Å². The van der Waals surface area contributed by atoms with Gasteiger partial charge in [0.05, 0.1) is 29.8 Å². The van der Waals surface area contributed by atoms with Crippen molar-refractivity contribution in [3.05, 3.63) is 47.5 Å². The summed E-state index contributed by atoms with van der Waals surface area (Å²) in [7, 11) is 0. The summed E-state index contributed by atoms with van der Waals surface area (Å²) in [5, 5.41) is 38.0. The standard InChI is InChI=1S/C21H21N5/c1-14(2)26-9-8-18-17(11-26)19(15-6-4-3-5-7-15)16(10-22)20(25)21(18,12-23)13-24/h3-8,14,16-17,19,25H,9,11H2,1-2H3/t16-,17+,19+/m0/s1. The summed E-state index contributed by atoms with van der Waals surface area (Å²) in [5.41, 5.74) is -0.0294. The van der Waals surface area contributed by atoms with Gasteiger partial charge < -0.3 is 5.41 Å². The molecule has 130 valence electrons. The third-order valence-electron chi connectivity index (χ3n) is 5.71. The molecule has 0 radical (unpaired) electrons. The maximum atomic E-state index is 9.84. The van der Waals surface area contributed by atoms with Crippen LogP contribution in [-0.4, -0.2) is 29.7 Å². The van der Waals surface area contributed by atoms with Crippen LogP contribution in [0.1, 0.15) is 25.3 Å². The first kappa shape index (κ1) is 17.9. The first-order valence-electron chi connectivity index (χ1n) is 8.80. The predicted octanol–water partition coefficient (Wildman–Crippen LogP) is 3.24. The third-order valence-corrected chi connectivity index (χ3v) is 5.71. The van der Waals surface area contributed by atoms with Crippen molar-refractivity contribution >= 4 is 5.71 Å². The van der Waals surface area contributed by atoms with E-state index in [1.54, 1.807) is 0 Å². The van der Waals surface area contributed by atoms with Crippen molar-refractivity contribution < 1.29 is 0 Å². The molecule has 1 fully saturated rings. The lowest BCUT2D eigenvalue weighted by molar-refractivity contribution is 0.175. The van der Waals surface area contributed by atoms with E-state index >= 15 is 0 Å². The lowest BCUT2D eigenvalue weighted by Crippen LogP contribution is -2.53. The average molecular weight is 343 g/mol. The molecule has 1 saturated carbocycles. The highest BCUT2D eigenvalue weighted by molar-refractivity contribution is 6.01. The molecule has 1 N–H and O–H groups in total. The van der Waals surface area contributed by atoms with Crippen molar-refractivity contribution in [3.8, 4) is 18.2 Å². The number of nitrogens with one attached hydrogen (secondary N) is 1. The van der Waals surface area contributed by atoms with Gasteiger partial charge in [-0.1, -0.05) is 36.4 Å². The van der Waals surface area contributed by atoms with E-state index in [0.29, 0.717) is 24.7 Å². The van der Waals surface area contributed by atoms with Gasteiger partial charge in [-0.2, -0.15) is 15.8 Å². The normalized spacial score (nSPS) is 27.6. The average Bonchev–Trinajstić information content (AvgIpc) is 2.67. The van der Waals surface area contributed by atoms with Crippen LogP contribution >= 0.6 is 0 Å². The Bertz CT molecular complexity index is 848. The van der Waals surface area contributed by atoms with Gasteiger partial charge in [-0.05, 0) is 25.0 Å². The molecule has 26 heavy (non-hydrogen) atoms. The molecule has 5 heteroatoms. The van der Waals surface area contributed by atoms with E-state index < -0.39 is 11.3 Å². The summed E-state index contributed by atoms with van der Waals surface area (Å²) in [5.74, 6) is -1.14. The molecule has 5 nitrogen and oxygen atoms in total. The van der Waals surface area contributed by atoms with Crippen LogP contribution in [0.4, 0.5) is 0 Å². The molecule has 3 atom stereocenters. The van der Waals surface area contributed by atoms with Gasteiger partial charge in [0.2, 0.25) is 5.41 Å². The number of hydrogen-bond acceptors (Lipinski definition) is 5. The van der Waals surface area contributed by atoms with Crippen molar-refractivity contribution in [3.63, 3.8) is 0 Å². The summed E-state index contributed by atoms with van der Waals surface area (Å²) in [4.78, 5) is 2.28. The summed E-state index contributed by atoms with van der Waals surface area (Å²) in [6.45, 7) is 5.57. The fraction of sp³-hybridized carbons (Fsp3) is 0.429. The van der Waals surface area contributed by atoms with Crippen LogP contribution in [0.25, 0.3) is 0 Å². The van der Waals surface area contributed by atoms with Gasteiger partial charge >= 0.3 is 0 Å². The molecule has 0 saturated heterocycles. The quantitative estimate of drug-likeness (QED) is 0.833. The number of fused-ring (bicyclic) bond motifs is 1. The van der Waals surface area contributed by atoms with Gasteiger partial charge in [0.15, 0.2) is 0 Å². The number of nitrogens with zero attached hydrogens (tertiary/aromatic N) is 4. The maximum absolute atomic E-state index is 9.84. The second-order valence-corrected chi connectivity index (χ2v) is 7.24. The molecule has 0 aromatic heterocycles. The van der Waals surface area contributed by atoms with E-state index in [4.69, 9.17) is 5.41 Å². The summed E-state index contributed by atoms with van der Waals surface area (Å²) >= 11 is 0. The van der Waals surface area contributed by atoms with E-state index in [0.717, 1.165) is 5.56 Å². The summed E-state index contributed by atoms with van der Waals surface area (Å²) in [6, 6.07) is 16.4. The Labute approximate surface area is 154 Å². The van der Waals surface area contributed by atoms with Gasteiger partial charge in [0.25, 0.3) is 0 Å². The zero-order chi connectivity index (χ0) is 18.9. The van der Waals surface area contributed by atoms with E-state index in [-0.39, 0.29) is 17.5 Å². The van der Waals surface area contributed by atoms with Crippen LogP contribution in [0.2, 0.25) is 0 Å². The van der Waals surface area contributed by atoms with E-state index in [2.05, 4.69) is 37.0 Å². The molecule has 0 unspecified atom stereocenters. The monoisotopic (exact) mass is 343 g/mol. The second kappa shape index (κ2) is 6.75. The van der Waals surface area contributed by atoms with Crippen LogP contribution in [0.3, 0.4) is 0 Å². The molecule has 1 heterocycles. The fourth-order valence-corrected chi connectivity index (χ4v) is 4.27. The molecule has 0 amide bonds. The summed E-state index contributed by atoms with van der Waals surface area (Å²) < 4.78 is 0. The number of rotatable bonds is 2. The zero-order valence-electron chi connectivity index (χ0n) is 15.0. The minimum absolute atomic E-state index is 0.0839. The molecule has 3 rings (SSSR count). The SMILES string of the molecule is CC(C)N1CC=C2[C@@H](C1)[C@H](c1ccccc1)[C@H](C#N)C(=N)C2(C#N)C#N. The molecule has 1 aliphatic carbocycles. The fourth-order valence-electron chi connectivity index (χ4n) is 4.27.